The molecule has 6 atom stereocenters. The predicted octanol–water partition coefficient (Wildman–Crippen LogP) is -2.17. The van der Waals surface area contributed by atoms with Gasteiger partial charge in [0.1, 0.15) is 37.1 Å². The summed E-state index contributed by atoms with van der Waals surface area (Å²) < 4.78 is 15.1. The minimum atomic E-state index is -1.61. The molecule has 0 aromatic heterocycles. The lowest BCUT2D eigenvalue weighted by Crippen LogP contribution is -2.59. The molecule has 1 saturated heterocycles. The fraction of sp³-hybridized carbons (Fsp3) is 0.500. The Labute approximate surface area is 165 Å². The van der Waals surface area contributed by atoms with E-state index >= 15 is 0 Å². The Balaban J connectivity index is 1.76. The maximum absolute atomic E-state index is 11.7. The molecule has 0 spiro atoms. The molecular formula is C18H24O11. The van der Waals surface area contributed by atoms with Crippen molar-refractivity contribution >= 4 is 12.0 Å². The van der Waals surface area contributed by atoms with E-state index in [1.807, 2.05) is 0 Å². The van der Waals surface area contributed by atoms with Gasteiger partial charge in [0.15, 0.2) is 17.8 Å². The quantitative estimate of drug-likeness (QED) is 0.139. The third-order valence-corrected chi connectivity index (χ3v) is 4.13. The van der Waals surface area contributed by atoms with E-state index in [0.717, 1.165) is 6.08 Å². The predicted molar refractivity (Wildman–Crippen MR) is 95.5 cm³/mol. The van der Waals surface area contributed by atoms with Gasteiger partial charge in [0.2, 0.25) is 0 Å². The Morgan fingerprint density at radius 1 is 1.10 bits per heavy atom. The SMILES string of the molecule is O=C(/C=C/c1ccc(O)c(O)c1)OCC(O)COC1OC(CO)C(O)C(O)C1O. The zero-order chi connectivity index (χ0) is 21.6. The van der Waals surface area contributed by atoms with E-state index < -0.39 is 62.6 Å². The Morgan fingerprint density at radius 3 is 2.48 bits per heavy atom. The molecule has 1 fully saturated rings. The maximum Gasteiger partial charge on any atom is 0.330 e. The highest BCUT2D eigenvalue weighted by molar-refractivity contribution is 5.87. The molecule has 0 saturated carbocycles. The van der Waals surface area contributed by atoms with E-state index in [1.54, 1.807) is 0 Å². The van der Waals surface area contributed by atoms with Gasteiger partial charge in [0.05, 0.1) is 13.2 Å². The van der Waals surface area contributed by atoms with Crippen LogP contribution in [-0.4, -0.2) is 98.3 Å². The van der Waals surface area contributed by atoms with E-state index in [1.165, 1.54) is 24.3 Å². The first kappa shape index (κ1) is 23.0. The molecule has 1 aromatic carbocycles. The van der Waals surface area contributed by atoms with Crippen LogP contribution >= 0.6 is 0 Å². The molecule has 1 aliphatic heterocycles. The summed E-state index contributed by atoms with van der Waals surface area (Å²) in [4.78, 5) is 11.7. The van der Waals surface area contributed by atoms with Crippen LogP contribution in [0, 0.1) is 0 Å². The Hall–Kier alpha value is -2.25. The van der Waals surface area contributed by atoms with Gasteiger partial charge in [-0.1, -0.05) is 6.07 Å². The minimum absolute atomic E-state index is 0.299. The summed E-state index contributed by atoms with van der Waals surface area (Å²) in [6.45, 7) is -1.48. The number of benzene rings is 1. The molecule has 0 radical (unpaired) electrons. The number of phenolic OH excluding ortho intramolecular Hbond substituents is 2. The van der Waals surface area contributed by atoms with Gasteiger partial charge in [-0.3, -0.25) is 0 Å². The molecule has 0 amide bonds. The van der Waals surface area contributed by atoms with Gasteiger partial charge in [0.25, 0.3) is 0 Å². The van der Waals surface area contributed by atoms with Gasteiger partial charge in [-0.05, 0) is 23.8 Å². The first-order valence-corrected chi connectivity index (χ1v) is 8.70. The maximum atomic E-state index is 11.7. The zero-order valence-corrected chi connectivity index (χ0v) is 15.2. The van der Waals surface area contributed by atoms with E-state index in [-0.39, 0.29) is 11.5 Å². The fourth-order valence-corrected chi connectivity index (χ4v) is 2.49. The average molecular weight is 416 g/mol. The van der Waals surface area contributed by atoms with Gasteiger partial charge in [-0.2, -0.15) is 0 Å². The van der Waals surface area contributed by atoms with Crippen molar-refractivity contribution in [1.29, 1.82) is 0 Å². The number of hydrogen-bond acceptors (Lipinski definition) is 11. The Morgan fingerprint density at radius 2 is 1.83 bits per heavy atom. The molecule has 1 aromatic rings. The molecule has 0 aliphatic carbocycles. The number of hydrogen-bond donors (Lipinski definition) is 7. The van der Waals surface area contributed by atoms with Crippen LogP contribution in [0.1, 0.15) is 5.56 Å². The van der Waals surface area contributed by atoms with Crippen LogP contribution in [0.3, 0.4) is 0 Å². The van der Waals surface area contributed by atoms with Crippen LogP contribution in [0.4, 0.5) is 0 Å². The monoisotopic (exact) mass is 416 g/mol. The van der Waals surface area contributed by atoms with Crippen molar-refractivity contribution in [3.05, 3.63) is 29.8 Å². The van der Waals surface area contributed by atoms with Crippen molar-refractivity contribution in [2.24, 2.45) is 0 Å². The molecular weight excluding hydrogens is 392 g/mol. The lowest BCUT2D eigenvalue weighted by molar-refractivity contribution is -0.304. The van der Waals surface area contributed by atoms with Crippen molar-refractivity contribution in [3.63, 3.8) is 0 Å². The Kier molecular flexibility index (Phi) is 8.34. The average Bonchev–Trinajstić information content (AvgIpc) is 2.70. The second-order valence-electron chi connectivity index (χ2n) is 6.40. The molecule has 2 rings (SSSR count). The second-order valence-corrected chi connectivity index (χ2v) is 6.40. The number of esters is 1. The molecule has 11 nitrogen and oxygen atoms in total. The van der Waals surface area contributed by atoms with Gasteiger partial charge in [0, 0.05) is 6.08 Å². The van der Waals surface area contributed by atoms with Crippen LogP contribution in [0.15, 0.2) is 24.3 Å². The number of aliphatic hydroxyl groups is 5. The summed E-state index contributed by atoms with van der Waals surface area (Å²) in [5.74, 6) is -1.43. The number of rotatable bonds is 8. The smallest absolute Gasteiger partial charge is 0.330 e. The van der Waals surface area contributed by atoms with E-state index in [0.29, 0.717) is 5.56 Å². The minimum Gasteiger partial charge on any atom is -0.504 e. The molecule has 1 heterocycles. The van der Waals surface area contributed by atoms with Gasteiger partial charge < -0.3 is 50.0 Å². The fourth-order valence-electron chi connectivity index (χ4n) is 2.49. The van der Waals surface area contributed by atoms with Crippen molar-refractivity contribution in [2.75, 3.05) is 19.8 Å². The summed E-state index contributed by atoms with van der Waals surface area (Å²) in [6.07, 6.45) is -6.18. The van der Waals surface area contributed by atoms with Crippen molar-refractivity contribution in [2.45, 2.75) is 36.8 Å². The summed E-state index contributed by atoms with van der Waals surface area (Å²) in [5, 5.41) is 66.6. The third kappa shape index (κ3) is 6.37. The van der Waals surface area contributed by atoms with Crippen LogP contribution in [-0.2, 0) is 19.0 Å². The van der Waals surface area contributed by atoms with E-state index in [9.17, 15) is 35.4 Å². The number of carbonyl (C=O) groups is 1. The standard InChI is InChI=1S/C18H24O11/c19-6-13-15(24)16(25)17(26)18(29-13)28-8-10(20)7-27-14(23)4-2-9-1-3-11(21)12(22)5-9/h1-5,10,13,15-22,24-26H,6-8H2/b4-2+. The topological polar surface area (TPSA) is 186 Å². The Bertz CT molecular complexity index is 705. The summed E-state index contributed by atoms with van der Waals surface area (Å²) in [7, 11) is 0. The lowest BCUT2D eigenvalue weighted by Gasteiger charge is -2.39. The first-order valence-electron chi connectivity index (χ1n) is 8.70. The largest absolute Gasteiger partial charge is 0.504 e. The highest BCUT2D eigenvalue weighted by atomic mass is 16.7. The summed E-state index contributed by atoms with van der Waals surface area (Å²) in [6, 6.07) is 3.95. The molecule has 6 unspecified atom stereocenters. The van der Waals surface area contributed by atoms with Gasteiger partial charge in [-0.25, -0.2) is 4.79 Å². The van der Waals surface area contributed by atoms with Crippen LogP contribution in [0.2, 0.25) is 0 Å². The number of phenols is 2. The normalized spacial score (nSPS) is 28.4. The molecule has 7 N–H and O–H groups in total. The van der Waals surface area contributed by atoms with Gasteiger partial charge >= 0.3 is 5.97 Å². The third-order valence-electron chi connectivity index (χ3n) is 4.13. The molecule has 11 heteroatoms. The number of aromatic hydroxyl groups is 2. The highest BCUT2D eigenvalue weighted by Crippen LogP contribution is 2.25. The first-order chi connectivity index (χ1) is 13.7. The summed E-state index contributed by atoms with van der Waals surface area (Å²) in [5.41, 5.74) is 0.434. The number of aliphatic hydroxyl groups excluding tert-OH is 5. The van der Waals surface area contributed by atoms with Crippen LogP contribution < -0.4 is 0 Å². The van der Waals surface area contributed by atoms with E-state index in [2.05, 4.69) is 0 Å². The second kappa shape index (κ2) is 10.5. The van der Waals surface area contributed by atoms with Crippen molar-refractivity contribution in [3.8, 4) is 11.5 Å². The van der Waals surface area contributed by atoms with Gasteiger partial charge in [-0.15, -0.1) is 0 Å². The van der Waals surface area contributed by atoms with Crippen molar-refractivity contribution in [1.82, 2.24) is 0 Å². The number of carbonyl (C=O) groups excluding carboxylic acids is 1. The zero-order valence-electron chi connectivity index (χ0n) is 15.2. The van der Waals surface area contributed by atoms with Crippen LogP contribution in [0.25, 0.3) is 6.08 Å². The molecule has 1 aliphatic rings. The molecule has 162 valence electrons. The number of ether oxygens (including phenoxy) is 3. The van der Waals surface area contributed by atoms with Crippen LogP contribution in [0.5, 0.6) is 11.5 Å². The molecule has 29 heavy (non-hydrogen) atoms. The highest BCUT2D eigenvalue weighted by Gasteiger charge is 2.44. The lowest BCUT2D eigenvalue weighted by atomic mass is 9.99. The van der Waals surface area contributed by atoms with E-state index in [4.69, 9.17) is 19.3 Å². The van der Waals surface area contributed by atoms with Crippen molar-refractivity contribution < 1.29 is 54.8 Å². The molecule has 0 bridgehead atoms. The summed E-state index contributed by atoms with van der Waals surface area (Å²) >= 11 is 0.